The van der Waals surface area contributed by atoms with Crippen molar-refractivity contribution in [2.75, 3.05) is 5.32 Å². The Balaban J connectivity index is 1.93. The minimum absolute atomic E-state index is 0.153. The normalized spacial score (nSPS) is 13.2. The maximum Gasteiger partial charge on any atom is 0.265 e. The maximum atomic E-state index is 12.2. The van der Waals surface area contributed by atoms with E-state index in [1.807, 2.05) is 42.5 Å². The van der Waals surface area contributed by atoms with Crippen molar-refractivity contribution in [1.29, 1.82) is 0 Å². The molecule has 0 spiro atoms. The first-order valence-electron chi connectivity index (χ1n) is 7.72. The Morgan fingerprint density at radius 2 is 1.68 bits per heavy atom. The Bertz CT molecular complexity index is 593. The van der Waals surface area contributed by atoms with Gasteiger partial charge in [0.25, 0.3) is 5.91 Å². The van der Waals surface area contributed by atoms with E-state index >= 15 is 0 Å². The Kier molecular flexibility index (Phi) is 5.59. The monoisotopic (exact) mass is 297 g/mol. The molecule has 2 aromatic carbocycles. The fourth-order valence-electron chi connectivity index (χ4n) is 2.13. The van der Waals surface area contributed by atoms with Gasteiger partial charge in [0, 0.05) is 5.69 Å². The molecule has 1 N–H and O–H groups in total. The summed E-state index contributed by atoms with van der Waals surface area (Å²) in [4.78, 5) is 12.2. The number of amides is 1. The molecule has 0 aliphatic rings. The lowest BCUT2D eigenvalue weighted by Crippen LogP contribution is -2.30. The Hall–Kier alpha value is -2.29. The molecule has 0 heterocycles. The standard InChI is InChI=1S/C19H23NO2/c1-4-14(2)16-10-12-17(13-11-16)20-19(21)15(3)22-18-8-6-5-7-9-18/h5-15H,4H2,1-3H3,(H,20,21)/t14-,15+/m0/s1. The molecule has 0 aliphatic carbocycles. The summed E-state index contributed by atoms with van der Waals surface area (Å²) in [6, 6.07) is 17.4. The van der Waals surface area contributed by atoms with Gasteiger partial charge in [0.15, 0.2) is 6.10 Å². The van der Waals surface area contributed by atoms with Crippen molar-refractivity contribution in [1.82, 2.24) is 0 Å². The van der Waals surface area contributed by atoms with Gasteiger partial charge in [-0.2, -0.15) is 0 Å². The second kappa shape index (κ2) is 7.64. The summed E-state index contributed by atoms with van der Waals surface area (Å²) in [5.41, 5.74) is 2.08. The van der Waals surface area contributed by atoms with Crippen LogP contribution in [0.4, 0.5) is 5.69 Å². The summed E-state index contributed by atoms with van der Waals surface area (Å²) >= 11 is 0. The van der Waals surface area contributed by atoms with Gasteiger partial charge in [0.1, 0.15) is 5.75 Å². The quantitative estimate of drug-likeness (QED) is 0.845. The molecular formula is C19H23NO2. The molecule has 0 radical (unpaired) electrons. The first-order valence-corrected chi connectivity index (χ1v) is 7.72. The van der Waals surface area contributed by atoms with E-state index in [-0.39, 0.29) is 5.91 Å². The van der Waals surface area contributed by atoms with E-state index in [9.17, 15) is 4.79 Å². The van der Waals surface area contributed by atoms with Gasteiger partial charge < -0.3 is 10.1 Å². The molecule has 0 unspecified atom stereocenters. The van der Waals surface area contributed by atoms with E-state index in [1.54, 1.807) is 6.92 Å². The second-order valence-electron chi connectivity index (χ2n) is 5.49. The van der Waals surface area contributed by atoms with Gasteiger partial charge >= 0.3 is 0 Å². The molecular weight excluding hydrogens is 274 g/mol. The number of rotatable bonds is 6. The second-order valence-corrected chi connectivity index (χ2v) is 5.49. The lowest BCUT2D eigenvalue weighted by molar-refractivity contribution is -0.122. The summed E-state index contributed by atoms with van der Waals surface area (Å²) in [7, 11) is 0. The zero-order chi connectivity index (χ0) is 15.9. The van der Waals surface area contributed by atoms with E-state index in [1.165, 1.54) is 5.56 Å². The van der Waals surface area contributed by atoms with Crippen molar-refractivity contribution in [2.24, 2.45) is 0 Å². The molecule has 2 aromatic rings. The number of hydrogen-bond acceptors (Lipinski definition) is 2. The molecule has 0 saturated heterocycles. The van der Waals surface area contributed by atoms with Crippen molar-refractivity contribution in [3.8, 4) is 5.75 Å². The van der Waals surface area contributed by atoms with Crippen LogP contribution in [0.15, 0.2) is 54.6 Å². The number of benzene rings is 2. The fourth-order valence-corrected chi connectivity index (χ4v) is 2.13. The molecule has 1 amide bonds. The van der Waals surface area contributed by atoms with Crippen molar-refractivity contribution in [2.45, 2.75) is 39.2 Å². The van der Waals surface area contributed by atoms with Crippen LogP contribution < -0.4 is 10.1 Å². The third-order valence-corrected chi connectivity index (χ3v) is 3.78. The van der Waals surface area contributed by atoms with Crippen LogP contribution in [0.1, 0.15) is 38.7 Å². The van der Waals surface area contributed by atoms with Crippen LogP contribution >= 0.6 is 0 Å². The number of nitrogens with one attached hydrogen (secondary N) is 1. The van der Waals surface area contributed by atoms with Gasteiger partial charge in [-0.1, -0.05) is 44.2 Å². The predicted molar refractivity (Wildman–Crippen MR) is 90.3 cm³/mol. The van der Waals surface area contributed by atoms with Crippen molar-refractivity contribution < 1.29 is 9.53 Å². The van der Waals surface area contributed by atoms with Gasteiger partial charge in [-0.3, -0.25) is 4.79 Å². The minimum Gasteiger partial charge on any atom is -0.481 e. The molecule has 3 nitrogen and oxygen atoms in total. The summed E-state index contributed by atoms with van der Waals surface area (Å²) in [5.74, 6) is 1.07. The Morgan fingerprint density at radius 3 is 2.27 bits per heavy atom. The van der Waals surface area contributed by atoms with Crippen LogP contribution in [-0.4, -0.2) is 12.0 Å². The summed E-state index contributed by atoms with van der Waals surface area (Å²) in [6.45, 7) is 6.11. The van der Waals surface area contributed by atoms with Gasteiger partial charge in [-0.25, -0.2) is 0 Å². The van der Waals surface area contributed by atoms with Crippen LogP contribution in [0, 0.1) is 0 Å². The number of para-hydroxylation sites is 1. The summed E-state index contributed by atoms with van der Waals surface area (Å²) in [6.07, 6.45) is 0.560. The third kappa shape index (κ3) is 4.35. The summed E-state index contributed by atoms with van der Waals surface area (Å²) < 4.78 is 5.62. The topological polar surface area (TPSA) is 38.3 Å². The highest BCUT2D eigenvalue weighted by molar-refractivity contribution is 5.94. The van der Waals surface area contributed by atoms with E-state index in [0.29, 0.717) is 11.7 Å². The van der Waals surface area contributed by atoms with E-state index in [0.717, 1.165) is 12.1 Å². The largest absolute Gasteiger partial charge is 0.481 e. The van der Waals surface area contributed by atoms with Gasteiger partial charge in [0.05, 0.1) is 0 Å². The van der Waals surface area contributed by atoms with Gasteiger partial charge in [-0.15, -0.1) is 0 Å². The third-order valence-electron chi connectivity index (χ3n) is 3.78. The van der Waals surface area contributed by atoms with Crippen LogP contribution in [0.25, 0.3) is 0 Å². The Morgan fingerprint density at radius 1 is 1.05 bits per heavy atom. The number of carbonyl (C=O) groups excluding carboxylic acids is 1. The first-order chi connectivity index (χ1) is 10.6. The van der Waals surface area contributed by atoms with Crippen molar-refractivity contribution >= 4 is 11.6 Å². The molecule has 0 aromatic heterocycles. The molecule has 0 bridgehead atoms. The molecule has 22 heavy (non-hydrogen) atoms. The highest BCUT2D eigenvalue weighted by Crippen LogP contribution is 2.20. The molecule has 0 saturated carbocycles. The van der Waals surface area contributed by atoms with Gasteiger partial charge in [-0.05, 0) is 49.1 Å². The van der Waals surface area contributed by atoms with Crippen molar-refractivity contribution in [3.05, 3.63) is 60.2 Å². The minimum atomic E-state index is -0.545. The van der Waals surface area contributed by atoms with E-state index in [2.05, 4.69) is 31.3 Å². The molecule has 3 heteroatoms. The van der Waals surface area contributed by atoms with Crippen LogP contribution in [0.2, 0.25) is 0 Å². The smallest absolute Gasteiger partial charge is 0.265 e. The van der Waals surface area contributed by atoms with E-state index in [4.69, 9.17) is 4.74 Å². The molecule has 0 fully saturated rings. The van der Waals surface area contributed by atoms with Crippen LogP contribution in [0.3, 0.4) is 0 Å². The first kappa shape index (κ1) is 16.1. The van der Waals surface area contributed by atoms with Crippen LogP contribution in [-0.2, 0) is 4.79 Å². The summed E-state index contributed by atoms with van der Waals surface area (Å²) in [5, 5.41) is 2.88. The number of ether oxygens (including phenoxy) is 1. The van der Waals surface area contributed by atoms with E-state index < -0.39 is 6.10 Å². The Labute approximate surface area is 132 Å². The molecule has 2 atom stereocenters. The fraction of sp³-hybridized carbons (Fsp3) is 0.316. The van der Waals surface area contributed by atoms with Gasteiger partial charge in [0.2, 0.25) is 0 Å². The highest BCUT2D eigenvalue weighted by atomic mass is 16.5. The molecule has 116 valence electrons. The zero-order valence-corrected chi connectivity index (χ0v) is 13.4. The van der Waals surface area contributed by atoms with Crippen molar-refractivity contribution in [3.63, 3.8) is 0 Å². The average molecular weight is 297 g/mol. The molecule has 2 rings (SSSR count). The number of carbonyl (C=O) groups is 1. The number of anilines is 1. The maximum absolute atomic E-state index is 12.2. The predicted octanol–water partition coefficient (Wildman–Crippen LogP) is 4.61. The average Bonchev–Trinajstić information content (AvgIpc) is 2.55. The lowest BCUT2D eigenvalue weighted by atomic mass is 9.99. The SMILES string of the molecule is CC[C@H](C)c1ccc(NC(=O)[C@@H](C)Oc2ccccc2)cc1. The highest BCUT2D eigenvalue weighted by Gasteiger charge is 2.14. The lowest BCUT2D eigenvalue weighted by Gasteiger charge is -2.15. The van der Waals surface area contributed by atoms with Crippen LogP contribution in [0.5, 0.6) is 5.75 Å². The molecule has 0 aliphatic heterocycles. The zero-order valence-electron chi connectivity index (χ0n) is 13.4. The number of hydrogen-bond donors (Lipinski definition) is 1.